The van der Waals surface area contributed by atoms with Crippen molar-refractivity contribution in [2.45, 2.75) is 52.4 Å². The summed E-state index contributed by atoms with van der Waals surface area (Å²) < 4.78 is 17.7. The number of amides is 1. The van der Waals surface area contributed by atoms with Crippen LogP contribution >= 0.6 is 39.9 Å². The van der Waals surface area contributed by atoms with Crippen molar-refractivity contribution in [3.8, 4) is 11.5 Å². The van der Waals surface area contributed by atoms with Gasteiger partial charge < -0.3 is 14.2 Å². The van der Waals surface area contributed by atoms with E-state index in [1.54, 1.807) is 13.2 Å². The van der Waals surface area contributed by atoms with Crippen LogP contribution in [-0.4, -0.2) is 48.0 Å². The average molecular weight is 545 g/mol. The van der Waals surface area contributed by atoms with Gasteiger partial charge in [-0.3, -0.25) is 14.5 Å². The van der Waals surface area contributed by atoms with Gasteiger partial charge in [-0.2, -0.15) is 0 Å². The minimum absolute atomic E-state index is 0.114. The van der Waals surface area contributed by atoms with Crippen LogP contribution in [0, 0.1) is 0 Å². The Morgan fingerprint density at radius 3 is 2.66 bits per heavy atom. The zero-order valence-electron chi connectivity index (χ0n) is 18.8. The van der Waals surface area contributed by atoms with E-state index in [-0.39, 0.29) is 24.8 Å². The number of carbonyl (C=O) groups excluding carboxylic acids is 2. The molecule has 0 aliphatic carbocycles. The quantitative estimate of drug-likeness (QED) is 0.131. The fourth-order valence-corrected chi connectivity index (χ4v) is 4.88. The van der Waals surface area contributed by atoms with E-state index < -0.39 is 0 Å². The molecule has 0 unspecified atom stereocenters. The summed E-state index contributed by atoms with van der Waals surface area (Å²) in [6.45, 7) is 5.32. The molecule has 32 heavy (non-hydrogen) atoms. The van der Waals surface area contributed by atoms with Crippen molar-refractivity contribution in [1.29, 1.82) is 0 Å². The highest BCUT2D eigenvalue weighted by atomic mass is 79.9. The number of ether oxygens (including phenoxy) is 3. The standard InChI is InChI=1S/C23H30BrNO5S2/c1-4-6-7-8-12-30-21-17(24)13-16(14-18(21)28-3)15-19-22(27)25(23(31)32-19)10-9-20(26)29-11-5-2/h13-15H,4-12H2,1-3H3/b19-15-. The Bertz CT molecular complexity index is 859. The van der Waals surface area contributed by atoms with E-state index in [9.17, 15) is 9.59 Å². The maximum absolute atomic E-state index is 12.8. The van der Waals surface area contributed by atoms with E-state index in [0.29, 0.717) is 33.9 Å². The van der Waals surface area contributed by atoms with Crippen molar-refractivity contribution in [3.63, 3.8) is 0 Å². The van der Waals surface area contributed by atoms with Gasteiger partial charge in [-0.05, 0) is 52.5 Å². The Morgan fingerprint density at radius 2 is 1.97 bits per heavy atom. The maximum atomic E-state index is 12.8. The molecule has 0 radical (unpaired) electrons. The fraction of sp³-hybridized carbons (Fsp3) is 0.522. The number of thiocarbonyl (C=S) groups is 1. The van der Waals surface area contributed by atoms with Gasteiger partial charge in [0, 0.05) is 6.54 Å². The summed E-state index contributed by atoms with van der Waals surface area (Å²) in [5, 5.41) is 0. The van der Waals surface area contributed by atoms with Crippen LogP contribution in [0.2, 0.25) is 0 Å². The predicted molar refractivity (Wildman–Crippen MR) is 136 cm³/mol. The van der Waals surface area contributed by atoms with Gasteiger partial charge in [0.25, 0.3) is 5.91 Å². The average Bonchev–Trinajstić information content (AvgIpc) is 3.03. The number of hydrogen-bond donors (Lipinski definition) is 0. The van der Waals surface area contributed by atoms with Gasteiger partial charge in [0.1, 0.15) is 4.32 Å². The number of carbonyl (C=O) groups is 2. The summed E-state index contributed by atoms with van der Waals surface area (Å²) in [6.07, 6.45) is 7.13. The molecule has 1 saturated heterocycles. The Balaban J connectivity index is 2.07. The van der Waals surface area contributed by atoms with Gasteiger partial charge in [0.15, 0.2) is 11.5 Å². The topological polar surface area (TPSA) is 65.1 Å². The molecule has 1 amide bonds. The lowest BCUT2D eigenvalue weighted by atomic mass is 10.1. The molecule has 0 atom stereocenters. The van der Waals surface area contributed by atoms with Gasteiger partial charge in [-0.25, -0.2) is 0 Å². The molecular formula is C23H30BrNO5S2. The summed E-state index contributed by atoms with van der Waals surface area (Å²) in [4.78, 5) is 26.5. The van der Waals surface area contributed by atoms with Crippen LogP contribution < -0.4 is 9.47 Å². The predicted octanol–water partition coefficient (Wildman–Crippen LogP) is 5.96. The highest BCUT2D eigenvalue weighted by Crippen LogP contribution is 2.39. The second-order valence-corrected chi connectivity index (χ2v) is 9.78. The number of esters is 1. The summed E-state index contributed by atoms with van der Waals surface area (Å²) in [5.41, 5.74) is 0.787. The lowest BCUT2D eigenvalue weighted by Crippen LogP contribution is -2.30. The lowest BCUT2D eigenvalue weighted by Gasteiger charge is -2.14. The molecule has 6 nitrogen and oxygen atoms in total. The maximum Gasteiger partial charge on any atom is 0.307 e. The molecule has 1 aromatic carbocycles. The molecule has 1 heterocycles. The van der Waals surface area contributed by atoms with Crippen molar-refractivity contribution < 1.29 is 23.8 Å². The summed E-state index contributed by atoms with van der Waals surface area (Å²) >= 11 is 10.1. The first-order valence-electron chi connectivity index (χ1n) is 10.8. The zero-order chi connectivity index (χ0) is 23.5. The molecule has 0 N–H and O–H groups in total. The molecular weight excluding hydrogens is 514 g/mol. The molecule has 9 heteroatoms. The van der Waals surface area contributed by atoms with Gasteiger partial charge in [-0.1, -0.05) is 57.1 Å². The second kappa shape index (κ2) is 13.9. The Kier molecular flexibility index (Phi) is 11.5. The SMILES string of the molecule is CCCCCCOc1c(Br)cc(/C=C2\SC(=S)N(CCC(=O)OCCC)C2=O)cc1OC. The summed E-state index contributed by atoms with van der Waals surface area (Å²) in [5.74, 6) is 0.702. The monoisotopic (exact) mass is 543 g/mol. The Labute approximate surface area is 208 Å². The van der Waals surface area contributed by atoms with E-state index in [0.717, 1.165) is 29.3 Å². The summed E-state index contributed by atoms with van der Waals surface area (Å²) in [6, 6.07) is 3.72. The molecule has 2 rings (SSSR count). The number of benzene rings is 1. The molecule has 0 aromatic heterocycles. The normalized spacial score (nSPS) is 14.9. The van der Waals surface area contributed by atoms with Crippen molar-refractivity contribution in [1.82, 2.24) is 4.90 Å². The number of hydrogen-bond acceptors (Lipinski definition) is 7. The van der Waals surface area contributed by atoms with E-state index in [2.05, 4.69) is 22.9 Å². The van der Waals surface area contributed by atoms with Crippen LogP contribution in [0.15, 0.2) is 21.5 Å². The number of methoxy groups -OCH3 is 1. The van der Waals surface area contributed by atoms with Gasteiger partial charge in [0.2, 0.25) is 0 Å². The molecule has 1 aliphatic rings. The third kappa shape index (κ3) is 7.78. The second-order valence-electron chi connectivity index (χ2n) is 7.25. The highest BCUT2D eigenvalue weighted by Gasteiger charge is 2.32. The first-order valence-corrected chi connectivity index (χ1v) is 12.8. The highest BCUT2D eigenvalue weighted by molar-refractivity contribution is 9.10. The van der Waals surface area contributed by atoms with Crippen LogP contribution in [0.1, 0.15) is 57.9 Å². The Hall–Kier alpha value is -1.58. The minimum atomic E-state index is -0.330. The smallest absolute Gasteiger partial charge is 0.307 e. The number of nitrogens with zero attached hydrogens (tertiary/aromatic N) is 1. The first kappa shape index (κ1) is 26.7. The van der Waals surface area contributed by atoms with Crippen LogP contribution in [0.3, 0.4) is 0 Å². The minimum Gasteiger partial charge on any atom is -0.493 e. The van der Waals surface area contributed by atoms with Crippen molar-refractivity contribution in [3.05, 3.63) is 27.1 Å². The molecule has 1 aromatic rings. The molecule has 0 saturated carbocycles. The van der Waals surface area contributed by atoms with Gasteiger partial charge in [-0.15, -0.1) is 0 Å². The number of rotatable bonds is 13. The number of halogens is 1. The Morgan fingerprint density at radius 1 is 1.19 bits per heavy atom. The first-order chi connectivity index (χ1) is 15.4. The number of unbranched alkanes of at least 4 members (excludes halogenated alkanes) is 3. The molecule has 0 spiro atoms. The van der Waals surface area contributed by atoms with Crippen LogP contribution in [-0.2, 0) is 14.3 Å². The van der Waals surface area contributed by atoms with E-state index in [1.165, 1.54) is 29.5 Å². The third-order valence-corrected chi connectivity index (χ3v) is 6.64. The molecule has 176 valence electrons. The lowest BCUT2D eigenvalue weighted by molar-refractivity contribution is -0.143. The number of thioether (sulfide) groups is 1. The van der Waals surface area contributed by atoms with E-state index in [1.807, 2.05) is 19.1 Å². The van der Waals surface area contributed by atoms with Crippen molar-refractivity contribution in [2.24, 2.45) is 0 Å². The molecule has 1 aliphatic heterocycles. The molecule has 0 bridgehead atoms. The third-order valence-electron chi connectivity index (χ3n) is 4.67. The van der Waals surface area contributed by atoms with E-state index in [4.69, 9.17) is 26.4 Å². The van der Waals surface area contributed by atoms with E-state index >= 15 is 0 Å². The summed E-state index contributed by atoms with van der Waals surface area (Å²) in [7, 11) is 1.59. The zero-order valence-corrected chi connectivity index (χ0v) is 22.0. The van der Waals surface area contributed by atoms with Crippen LogP contribution in [0.25, 0.3) is 6.08 Å². The van der Waals surface area contributed by atoms with Gasteiger partial charge >= 0.3 is 5.97 Å². The largest absolute Gasteiger partial charge is 0.493 e. The van der Waals surface area contributed by atoms with Crippen LogP contribution in [0.5, 0.6) is 11.5 Å². The van der Waals surface area contributed by atoms with Crippen molar-refractivity contribution >= 4 is 62.2 Å². The van der Waals surface area contributed by atoms with Crippen molar-refractivity contribution in [2.75, 3.05) is 26.9 Å². The molecule has 1 fully saturated rings. The van der Waals surface area contributed by atoms with Crippen LogP contribution in [0.4, 0.5) is 0 Å². The van der Waals surface area contributed by atoms with Gasteiger partial charge in [0.05, 0.1) is 36.1 Å². The fourth-order valence-electron chi connectivity index (χ4n) is 3.00.